The summed E-state index contributed by atoms with van der Waals surface area (Å²) in [6.07, 6.45) is 1.49. The molecular formula is C13H8N2O4. The molecule has 2 heterocycles. The van der Waals surface area contributed by atoms with Crippen LogP contribution in [0, 0.1) is 10.1 Å². The lowest BCUT2D eigenvalue weighted by atomic mass is 10.1. The summed E-state index contributed by atoms with van der Waals surface area (Å²) in [5, 5.41) is 14.5. The third kappa shape index (κ3) is 1.99. The van der Waals surface area contributed by atoms with Gasteiger partial charge < -0.3 is 8.94 Å². The highest BCUT2D eigenvalue weighted by Gasteiger charge is 2.19. The quantitative estimate of drug-likeness (QED) is 0.529. The molecule has 0 saturated heterocycles. The molecule has 0 saturated carbocycles. The van der Waals surface area contributed by atoms with E-state index in [0.29, 0.717) is 11.5 Å². The van der Waals surface area contributed by atoms with Crippen LogP contribution in [0.2, 0.25) is 0 Å². The Balaban J connectivity index is 2.07. The van der Waals surface area contributed by atoms with Crippen molar-refractivity contribution in [2.45, 2.75) is 0 Å². The average Bonchev–Trinajstić information content (AvgIpc) is 3.08. The third-order valence-corrected chi connectivity index (χ3v) is 2.66. The standard InChI is InChI=1S/C13H8N2O4/c16-15(17)12-7-6-11(19-12)13-10(8-18-14-13)9-4-2-1-3-5-9/h1-8H. The Labute approximate surface area is 107 Å². The second-order valence-corrected chi connectivity index (χ2v) is 3.84. The lowest BCUT2D eigenvalue weighted by molar-refractivity contribution is -0.401. The summed E-state index contributed by atoms with van der Waals surface area (Å²) in [6.45, 7) is 0. The Bertz CT molecular complexity index is 715. The predicted octanol–water partition coefficient (Wildman–Crippen LogP) is 3.51. The average molecular weight is 256 g/mol. The number of hydrogen-bond donors (Lipinski definition) is 0. The molecule has 94 valence electrons. The van der Waals surface area contributed by atoms with Crippen LogP contribution in [0.4, 0.5) is 5.88 Å². The monoisotopic (exact) mass is 256 g/mol. The fourth-order valence-corrected chi connectivity index (χ4v) is 1.79. The van der Waals surface area contributed by atoms with Crippen molar-refractivity contribution in [1.29, 1.82) is 0 Å². The molecular weight excluding hydrogens is 248 g/mol. The van der Waals surface area contributed by atoms with Crippen molar-refractivity contribution in [3.05, 3.63) is 58.8 Å². The molecule has 0 unspecified atom stereocenters. The van der Waals surface area contributed by atoms with Gasteiger partial charge in [-0.25, -0.2) is 0 Å². The summed E-state index contributed by atoms with van der Waals surface area (Å²) in [5.41, 5.74) is 2.07. The second-order valence-electron chi connectivity index (χ2n) is 3.84. The minimum atomic E-state index is -0.591. The maximum Gasteiger partial charge on any atom is 0.433 e. The van der Waals surface area contributed by atoms with Crippen LogP contribution in [0.25, 0.3) is 22.6 Å². The van der Waals surface area contributed by atoms with E-state index in [1.54, 1.807) is 0 Å². The van der Waals surface area contributed by atoms with Crippen molar-refractivity contribution in [3.8, 4) is 22.6 Å². The molecule has 0 N–H and O–H groups in total. The highest BCUT2D eigenvalue weighted by Crippen LogP contribution is 2.33. The largest absolute Gasteiger partial charge is 0.433 e. The molecule has 0 bridgehead atoms. The number of nitro groups is 1. The summed E-state index contributed by atoms with van der Waals surface area (Å²) in [5.74, 6) is -0.0173. The molecule has 0 amide bonds. The zero-order chi connectivity index (χ0) is 13.2. The van der Waals surface area contributed by atoms with Gasteiger partial charge in [-0.3, -0.25) is 10.1 Å². The van der Waals surface area contributed by atoms with E-state index in [4.69, 9.17) is 8.94 Å². The maximum atomic E-state index is 10.6. The van der Waals surface area contributed by atoms with Crippen LogP contribution in [0.15, 0.2) is 57.7 Å². The van der Waals surface area contributed by atoms with Gasteiger partial charge in [0.1, 0.15) is 11.2 Å². The molecule has 6 heteroatoms. The summed E-state index contributed by atoms with van der Waals surface area (Å²) < 4.78 is 10.1. The smallest absolute Gasteiger partial charge is 0.399 e. The molecule has 6 nitrogen and oxygen atoms in total. The number of benzene rings is 1. The summed E-state index contributed by atoms with van der Waals surface area (Å²) in [6, 6.07) is 12.3. The number of hydrogen-bond acceptors (Lipinski definition) is 5. The van der Waals surface area contributed by atoms with E-state index in [0.717, 1.165) is 11.1 Å². The highest BCUT2D eigenvalue weighted by molar-refractivity contribution is 5.77. The van der Waals surface area contributed by atoms with Gasteiger partial charge in [0.25, 0.3) is 0 Å². The Morgan fingerprint density at radius 3 is 2.58 bits per heavy atom. The van der Waals surface area contributed by atoms with Crippen molar-refractivity contribution in [1.82, 2.24) is 5.16 Å². The van der Waals surface area contributed by atoms with Crippen molar-refractivity contribution in [2.75, 3.05) is 0 Å². The molecule has 0 aliphatic heterocycles. The van der Waals surface area contributed by atoms with Crippen LogP contribution in [0.5, 0.6) is 0 Å². The lowest BCUT2D eigenvalue weighted by Gasteiger charge is -1.97. The Morgan fingerprint density at radius 1 is 1.11 bits per heavy atom. The molecule has 0 spiro atoms. The van der Waals surface area contributed by atoms with E-state index in [1.165, 1.54) is 18.4 Å². The van der Waals surface area contributed by atoms with E-state index in [-0.39, 0.29) is 5.88 Å². The fourth-order valence-electron chi connectivity index (χ4n) is 1.79. The molecule has 0 atom stereocenters. The van der Waals surface area contributed by atoms with Crippen molar-refractivity contribution < 1.29 is 13.9 Å². The van der Waals surface area contributed by atoms with Crippen molar-refractivity contribution in [3.63, 3.8) is 0 Å². The molecule has 3 aromatic rings. The van der Waals surface area contributed by atoms with Gasteiger partial charge in [0.2, 0.25) is 0 Å². The van der Waals surface area contributed by atoms with Crippen LogP contribution in [0.1, 0.15) is 0 Å². The second kappa shape index (κ2) is 4.41. The van der Waals surface area contributed by atoms with Crippen LogP contribution in [-0.2, 0) is 0 Å². The van der Waals surface area contributed by atoms with Crippen LogP contribution < -0.4 is 0 Å². The van der Waals surface area contributed by atoms with Gasteiger partial charge in [0, 0.05) is 0 Å². The highest BCUT2D eigenvalue weighted by atomic mass is 16.6. The van der Waals surface area contributed by atoms with E-state index < -0.39 is 4.92 Å². The molecule has 3 rings (SSSR count). The first kappa shape index (κ1) is 11.2. The third-order valence-electron chi connectivity index (χ3n) is 2.66. The number of aromatic nitrogens is 1. The molecule has 0 aliphatic carbocycles. The van der Waals surface area contributed by atoms with Gasteiger partial charge in [-0.15, -0.1) is 0 Å². The number of rotatable bonds is 3. The number of furan rings is 1. The molecule has 1 aromatic carbocycles. The lowest BCUT2D eigenvalue weighted by Crippen LogP contribution is -1.83. The topological polar surface area (TPSA) is 82.3 Å². The van der Waals surface area contributed by atoms with E-state index in [9.17, 15) is 10.1 Å². The first-order chi connectivity index (χ1) is 9.25. The van der Waals surface area contributed by atoms with Gasteiger partial charge in [0.15, 0.2) is 11.5 Å². The first-order valence-electron chi connectivity index (χ1n) is 5.50. The molecule has 2 aromatic heterocycles. The van der Waals surface area contributed by atoms with Gasteiger partial charge in [-0.05, 0) is 11.6 Å². The van der Waals surface area contributed by atoms with E-state index in [2.05, 4.69) is 5.16 Å². The number of nitrogens with zero attached hydrogens (tertiary/aromatic N) is 2. The first-order valence-corrected chi connectivity index (χ1v) is 5.50. The van der Waals surface area contributed by atoms with Crippen LogP contribution >= 0.6 is 0 Å². The van der Waals surface area contributed by atoms with Gasteiger partial charge in [-0.2, -0.15) is 0 Å². The van der Waals surface area contributed by atoms with Crippen LogP contribution in [-0.4, -0.2) is 10.1 Å². The Kier molecular flexibility index (Phi) is 2.60. The molecule has 0 radical (unpaired) electrons. The zero-order valence-electron chi connectivity index (χ0n) is 9.65. The Hall–Kier alpha value is -2.89. The van der Waals surface area contributed by atoms with Gasteiger partial charge >= 0.3 is 5.88 Å². The van der Waals surface area contributed by atoms with E-state index >= 15 is 0 Å². The summed E-state index contributed by atoms with van der Waals surface area (Å²) in [4.78, 5) is 10.0. The SMILES string of the molecule is O=[N+]([O-])c1ccc(-c2nocc2-c2ccccc2)o1. The molecule has 0 aliphatic rings. The molecule has 19 heavy (non-hydrogen) atoms. The summed E-state index contributed by atoms with van der Waals surface area (Å²) >= 11 is 0. The Morgan fingerprint density at radius 2 is 1.89 bits per heavy atom. The zero-order valence-corrected chi connectivity index (χ0v) is 9.65. The predicted molar refractivity (Wildman–Crippen MR) is 66.3 cm³/mol. The fraction of sp³-hybridized carbons (Fsp3) is 0. The van der Waals surface area contributed by atoms with Gasteiger partial charge in [-0.1, -0.05) is 35.5 Å². The normalized spacial score (nSPS) is 10.5. The van der Waals surface area contributed by atoms with Crippen molar-refractivity contribution >= 4 is 5.88 Å². The van der Waals surface area contributed by atoms with Crippen molar-refractivity contribution in [2.24, 2.45) is 0 Å². The minimum absolute atomic E-state index is 0.305. The molecule has 0 fully saturated rings. The summed E-state index contributed by atoms with van der Waals surface area (Å²) in [7, 11) is 0. The van der Waals surface area contributed by atoms with Crippen LogP contribution in [0.3, 0.4) is 0 Å². The van der Waals surface area contributed by atoms with Gasteiger partial charge in [0.05, 0.1) is 11.6 Å². The minimum Gasteiger partial charge on any atom is -0.399 e. The maximum absolute atomic E-state index is 10.6. The van der Waals surface area contributed by atoms with E-state index in [1.807, 2.05) is 30.3 Å².